The van der Waals surface area contributed by atoms with E-state index in [0.717, 1.165) is 0 Å². The largest absolute Gasteiger partial charge is 0.506 e. The zero-order valence-corrected chi connectivity index (χ0v) is 14.8. The molecular formula is C19H19FN4O3. The van der Waals surface area contributed by atoms with Crippen LogP contribution in [0.1, 0.15) is 35.9 Å². The molecular weight excluding hydrogens is 351 g/mol. The second-order valence-corrected chi connectivity index (χ2v) is 6.68. The molecule has 4 N–H and O–H groups in total. The number of halogens is 1. The highest BCUT2D eigenvalue weighted by atomic mass is 19.1. The molecule has 2 atom stereocenters. The van der Waals surface area contributed by atoms with E-state index >= 15 is 0 Å². The van der Waals surface area contributed by atoms with Gasteiger partial charge in [-0.15, -0.1) is 0 Å². The van der Waals surface area contributed by atoms with E-state index in [0.29, 0.717) is 27.9 Å². The first-order valence-electron chi connectivity index (χ1n) is 8.64. The fourth-order valence-electron chi connectivity index (χ4n) is 3.23. The van der Waals surface area contributed by atoms with E-state index in [1.807, 2.05) is 13.8 Å². The molecule has 3 aromatic rings. The molecule has 0 unspecified atom stereocenters. The smallest absolute Gasteiger partial charge is 0.272 e. The first-order chi connectivity index (χ1) is 12.9. The topological polar surface area (TPSA) is 99.3 Å². The molecule has 2 heterocycles. The van der Waals surface area contributed by atoms with Crippen molar-refractivity contribution in [1.29, 1.82) is 0 Å². The summed E-state index contributed by atoms with van der Waals surface area (Å²) in [6, 6.07) is 7.28. The van der Waals surface area contributed by atoms with Crippen LogP contribution in [0.3, 0.4) is 0 Å². The number of nitrogens with zero attached hydrogens (tertiary/aromatic N) is 1. The summed E-state index contributed by atoms with van der Waals surface area (Å²) in [6.45, 7) is 3.93. The van der Waals surface area contributed by atoms with Crippen LogP contribution in [0.4, 0.5) is 10.1 Å². The number of H-pyrrole nitrogens is 1. The van der Waals surface area contributed by atoms with Crippen molar-refractivity contribution in [2.75, 3.05) is 11.9 Å². The Bertz CT molecular complexity index is 1030. The molecule has 1 amide bonds. The Hall–Kier alpha value is -3.29. The molecule has 27 heavy (non-hydrogen) atoms. The number of aromatic nitrogens is 2. The second-order valence-electron chi connectivity index (χ2n) is 6.68. The highest BCUT2D eigenvalue weighted by molar-refractivity contribution is 6.06. The van der Waals surface area contributed by atoms with Crippen molar-refractivity contribution in [2.45, 2.75) is 26.0 Å². The highest BCUT2D eigenvalue weighted by Crippen LogP contribution is 2.34. The lowest BCUT2D eigenvalue weighted by atomic mass is 10.1. The van der Waals surface area contributed by atoms with E-state index in [1.165, 1.54) is 18.2 Å². The number of aromatic hydroxyl groups is 1. The number of amides is 1. The van der Waals surface area contributed by atoms with E-state index in [4.69, 9.17) is 4.74 Å². The van der Waals surface area contributed by atoms with Crippen molar-refractivity contribution in [3.8, 4) is 11.5 Å². The molecule has 0 radical (unpaired) electrons. The predicted octanol–water partition coefficient (Wildman–Crippen LogP) is 3.09. The molecule has 1 aliphatic heterocycles. The molecule has 1 aromatic heterocycles. The Morgan fingerprint density at radius 3 is 2.89 bits per heavy atom. The number of rotatable bonds is 0. The van der Waals surface area contributed by atoms with Gasteiger partial charge in [0.1, 0.15) is 28.9 Å². The average Bonchev–Trinajstić information content (AvgIpc) is 3.05. The Morgan fingerprint density at radius 1 is 1.26 bits per heavy atom. The van der Waals surface area contributed by atoms with Gasteiger partial charge in [-0.2, -0.15) is 5.10 Å². The van der Waals surface area contributed by atoms with Crippen molar-refractivity contribution in [3.05, 3.63) is 47.4 Å². The molecule has 0 fully saturated rings. The molecule has 0 saturated heterocycles. The predicted molar refractivity (Wildman–Crippen MR) is 98.6 cm³/mol. The van der Waals surface area contributed by atoms with Gasteiger partial charge in [-0.1, -0.05) is 0 Å². The van der Waals surface area contributed by atoms with Crippen molar-refractivity contribution in [2.24, 2.45) is 0 Å². The normalized spacial score (nSPS) is 19.9. The molecule has 140 valence electrons. The number of carbonyl (C=O) groups excluding carboxylic acids is 1. The van der Waals surface area contributed by atoms with E-state index in [-0.39, 0.29) is 41.9 Å². The molecule has 2 aromatic carbocycles. The minimum absolute atomic E-state index is 0.0345. The van der Waals surface area contributed by atoms with Crippen LogP contribution in [0.15, 0.2) is 30.3 Å². The van der Waals surface area contributed by atoms with E-state index in [1.54, 1.807) is 12.1 Å². The number of carbonyl (C=O) groups is 1. The Balaban J connectivity index is 1.85. The van der Waals surface area contributed by atoms with Crippen LogP contribution < -0.4 is 15.4 Å². The second kappa shape index (κ2) is 6.46. The number of hydrogen-bond acceptors (Lipinski definition) is 5. The third-order valence-electron chi connectivity index (χ3n) is 4.57. The molecule has 0 saturated carbocycles. The average molecular weight is 370 g/mol. The number of fused-ring (bicyclic) bond motifs is 2. The van der Waals surface area contributed by atoms with Crippen molar-refractivity contribution in [3.63, 3.8) is 0 Å². The highest BCUT2D eigenvalue weighted by Gasteiger charge is 2.21. The summed E-state index contributed by atoms with van der Waals surface area (Å²) in [5, 5.41) is 23.5. The first kappa shape index (κ1) is 17.1. The van der Waals surface area contributed by atoms with Gasteiger partial charge in [0, 0.05) is 22.7 Å². The van der Waals surface area contributed by atoms with Gasteiger partial charge >= 0.3 is 0 Å². The zero-order valence-electron chi connectivity index (χ0n) is 14.8. The fourth-order valence-corrected chi connectivity index (χ4v) is 3.23. The molecule has 1 aliphatic rings. The van der Waals surface area contributed by atoms with Crippen LogP contribution in [-0.2, 0) is 0 Å². The number of benzene rings is 2. The molecule has 4 rings (SSSR count). The Morgan fingerprint density at radius 2 is 2.07 bits per heavy atom. The summed E-state index contributed by atoms with van der Waals surface area (Å²) in [7, 11) is 0. The van der Waals surface area contributed by atoms with Crippen LogP contribution in [0.5, 0.6) is 11.5 Å². The van der Waals surface area contributed by atoms with E-state index < -0.39 is 0 Å². The van der Waals surface area contributed by atoms with E-state index in [9.17, 15) is 14.3 Å². The lowest BCUT2D eigenvalue weighted by Gasteiger charge is -2.22. The summed E-state index contributed by atoms with van der Waals surface area (Å²) in [4.78, 5) is 12.5. The molecule has 8 heteroatoms. The van der Waals surface area contributed by atoms with Gasteiger partial charge in [-0.05, 0) is 38.1 Å². The maximum absolute atomic E-state index is 13.8. The number of ether oxygens (including phenoxy) is 1. The maximum atomic E-state index is 13.8. The van der Waals surface area contributed by atoms with Crippen molar-refractivity contribution in [1.82, 2.24) is 15.5 Å². The van der Waals surface area contributed by atoms with Crippen LogP contribution in [0.25, 0.3) is 10.9 Å². The fraction of sp³-hybridized carbons (Fsp3) is 0.263. The quantitative estimate of drug-likeness (QED) is 0.487. The number of hydrogen-bond donors (Lipinski definition) is 4. The summed E-state index contributed by atoms with van der Waals surface area (Å²) < 4.78 is 19.8. The monoisotopic (exact) mass is 370 g/mol. The van der Waals surface area contributed by atoms with Crippen LogP contribution in [0.2, 0.25) is 0 Å². The van der Waals surface area contributed by atoms with Gasteiger partial charge in [-0.3, -0.25) is 9.89 Å². The van der Waals surface area contributed by atoms with Gasteiger partial charge < -0.3 is 20.5 Å². The van der Waals surface area contributed by atoms with E-state index in [2.05, 4.69) is 20.8 Å². The summed E-state index contributed by atoms with van der Waals surface area (Å²) in [5.41, 5.74) is 1.78. The van der Waals surface area contributed by atoms with Crippen LogP contribution in [0, 0.1) is 5.82 Å². The SMILES string of the molecule is C[C@H]1CNC(=O)c2n[nH]c3c(O)cc(cc23)N[C@H](C)c2cc(F)ccc2O1. The molecule has 7 nitrogen and oxygen atoms in total. The zero-order chi connectivity index (χ0) is 19.1. The van der Waals surface area contributed by atoms with Gasteiger partial charge in [-0.25, -0.2) is 4.39 Å². The summed E-state index contributed by atoms with van der Waals surface area (Å²) in [5.74, 6) is -0.250. The number of phenolic OH excluding ortho intramolecular Hbond substituents is 1. The maximum Gasteiger partial charge on any atom is 0.272 e. The number of nitrogens with one attached hydrogen (secondary N) is 3. The number of anilines is 1. The third kappa shape index (κ3) is 3.14. The standard InChI is InChI=1S/C19H19FN4O3/c1-9-8-21-19(26)18-14-6-12(7-15(25)17(14)23-24-18)22-10(2)13-5-11(20)3-4-16(13)27-9/h3-7,9-10,22,25H,8H2,1-2H3,(H,21,26)(H,23,24)/t9-,10+/m0/s1. The molecule has 0 aliphatic carbocycles. The summed E-state index contributed by atoms with van der Waals surface area (Å²) in [6.07, 6.45) is -0.336. The van der Waals surface area contributed by atoms with Gasteiger partial charge in [0.05, 0.1) is 12.6 Å². The van der Waals surface area contributed by atoms with Gasteiger partial charge in [0.2, 0.25) is 0 Å². The van der Waals surface area contributed by atoms with Gasteiger partial charge in [0.25, 0.3) is 5.91 Å². The van der Waals surface area contributed by atoms with Crippen LogP contribution in [-0.4, -0.2) is 33.9 Å². The first-order valence-corrected chi connectivity index (χ1v) is 8.64. The lowest BCUT2D eigenvalue weighted by Crippen LogP contribution is -2.34. The Kier molecular flexibility index (Phi) is 4.10. The third-order valence-corrected chi connectivity index (χ3v) is 4.57. The minimum atomic E-state index is -0.375. The number of aromatic amines is 1. The Labute approximate surface area is 154 Å². The molecule has 2 bridgehead atoms. The summed E-state index contributed by atoms with van der Waals surface area (Å²) >= 11 is 0. The molecule has 0 spiro atoms. The lowest BCUT2D eigenvalue weighted by molar-refractivity contribution is 0.0928. The minimum Gasteiger partial charge on any atom is -0.506 e. The van der Waals surface area contributed by atoms with Crippen molar-refractivity contribution >= 4 is 22.5 Å². The van der Waals surface area contributed by atoms with Crippen molar-refractivity contribution < 1.29 is 19.0 Å². The number of phenols is 1. The van der Waals surface area contributed by atoms with Gasteiger partial charge in [0.15, 0.2) is 5.69 Å². The van der Waals surface area contributed by atoms with Crippen LogP contribution >= 0.6 is 0 Å².